The predicted octanol–water partition coefficient (Wildman–Crippen LogP) is 2.57. The van der Waals surface area contributed by atoms with E-state index in [1.807, 2.05) is 6.33 Å². The average molecular weight is 272 g/mol. The minimum absolute atomic E-state index is 0.391. The number of hydrogen-bond acceptors (Lipinski definition) is 3. The van der Waals surface area contributed by atoms with Gasteiger partial charge in [-0.1, -0.05) is 38.1 Å². The van der Waals surface area contributed by atoms with Crippen LogP contribution in [0.4, 0.5) is 0 Å². The summed E-state index contributed by atoms with van der Waals surface area (Å²) >= 11 is 0. The molecule has 20 heavy (non-hydrogen) atoms. The number of aromatic nitrogens is 2. The molecule has 0 aliphatic rings. The van der Waals surface area contributed by atoms with E-state index in [0.717, 1.165) is 23.4 Å². The Morgan fingerprint density at radius 3 is 2.50 bits per heavy atom. The van der Waals surface area contributed by atoms with Gasteiger partial charge in [-0.15, -0.1) is 0 Å². The summed E-state index contributed by atoms with van der Waals surface area (Å²) in [6.45, 7) is 8.03. The molecular weight excluding hydrogens is 248 g/mol. The van der Waals surface area contributed by atoms with Gasteiger partial charge in [0.25, 0.3) is 0 Å². The molecule has 0 saturated carbocycles. The van der Waals surface area contributed by atoms with E-state index < -0.39 is 0 Å². The Morgan fingerprint density at radius 2 is 1.90 bits per heavy atom. The Bertz CT molecular complexity index is 528. The van der Waals surface area contributed by atoms with Gasteiger partial charge >= 0.3 is 0 Å². The summed E-state index contributed by atoms with van der Waals surface area (Å²) in [5.74, 6) is 0. The minimum atomic E-state index is 0.391. The molecule has 0 saturated heterocycles. The van der Waals surface area contributed by atoms with Gasteiger partial charge in [0.2, 0.25) is 0 Å². The zero-order valence-electron chi connectivity index (χ0n) is 12.5. The van der Waals surface area contributed by atoms with E-state index in [0.29, 0.717) is 18.6 Å². The minimum Gasteiger partial charge on any atom is -0.333 e. The summed E-state index contributed by atoms with van der Waals surface area (Å²) in [4.78, 5) is 4.49. The van der Waals surface area contributed by atoms with E-state index in [1.165, 1.54) is 0 Å². The average Bonchev–Trinajstić information content (AvgIpc) is 2.94. The molecule has 2 aromatic rings. The number of nitrogens with two attached hydrogens (primary N) is 1. The normalized spacial score (nSPS) is 12.8. The molecule has 2 rings (SSSR count). The lowest BCUT2D eigenvalue weighted by Gasteiger charge is -2.15. The number of rotatable bonds is 6. The van der Waals surface area contributed by atoms with E-state index >= 15 is 0 Å². The Hall–Kier alpha value is -1.65. The highest BCUT2D eigenvalue weighted by atomic mass is 15.1. The first-order chi connectivity index (χ1) is 9.60. The second kappa shape index (κ2) is 6.68. The van der Waals surface area contributed by atoms with Crippen molar-refractivity contribution in [2.45, 2.75) is 39.4 Å². The van der Waals surface area contributed by atoms with Crippen LogP contribution in [-0.4, -0.2) is 22.1 Å². The van der Waals surface area contributed by atoms with E-state index in [2.05, 4.69) is 66.1 Å². The van der Waals surface area contributed by atoms with Crippen molar-refractivity contribution in [1.82, 2.24) is 14.9 Å². The summed E-state index contributed by atoms with van der Waals surface area (Å²) in [5.41, 5.74) is 8.89. The fourth-order valence-corrected chi connectivity index (χ4v) is 2.05. The maximum Gasteiger partial charge on any atom is 0.0956 e. The number of nitrogens with zero attached hydrogens (tertiary/aromatic N) is 2. The maximum absolute atomic E-state index is 5.61. The van der Waals surface area contributed by atoms with E-state index in [1.54, 1.807) is 0 Å². The molecule has 3 N–H and O–H groups in total. The van der Waals surface area contributed by atoms with Crippen LogP contribution in [0, 0.1) is 0 Å². The molecular formula is C16H24N4. The number of benzene rings is 1. The van der Waals surface area contributed by atoms with Gasteiger partial charge in [0.05, 0.1) is 12.0 Å². The van der Waals surface area contributed by atoms with Crippen LogP contribution >= 0.6 is 0 Å². The lowest BCUT2D eigenvalue weighted by atomic mass is 10.1. The summed E-state index contributed by atoms with van der Waals surface area (Å²) in [7, 11) is 0. The summed E-state index contributed by atoms with van der Waals surface area (Å²) in [6.07, 6.45) is 4.00. The predicted molar refractivity (Wildman–Crippen MR) is 83.4 cm³/mol. The number of nitrogens with one attached hydrogen (secondary N) is 1. The Labute approximate surface area is 121 Å². The van der Waals surface area contributed by atoms with Crippen molar-refractivity contribution in [1.29, 1.82) is 0 Å². The van der Waals surface area contributed by atoms with Crippen molar-refractivity contribution >= 4 is 0 Å². The molecule has 1 aromatic carbocycles. The van der Waals surface area contributed by atoms with E-state index in [9.17, 15) is 0 Å². The Morgan fingerprint density at radius 1 is 1.20 bits per heavy atom. The van der Waals surface area contributed by atoms with Crippen LogP contribution in [0.15, 0.2) is 36.8 Å². The first-order valence-corrected chi connectivity index (χ1v) is 7.16. The standard InChI is InChI=1S/C16H24N4/c1-12(2)18-9-13(3)20-10-16(19-11-20)15-6-4-14(8-17)5-7-15/h4-7,10-13,18H,8-9,17H2,1-3H3/t13-/m1/s1. The van der Waals surface area contributed by atoms with Crippen molar-refractivity contribution in [3.05, 3.63) is 42.4 Å². The summed E-state index contributed by atoms with van der Waals surface area (Å²) in [5, 5.41) is 3.45. The van der Waals surface area contributed by atoms with Crippen molar-refractivity contribution in [2.75, 3.05) is 6.54 Å². The van der Waals surface area contributed by atoms with Crippen LogP contribution < -0.4 is 11.1 Å². The van der Waals surface area contributed by atoms with Gasteiger partial charge in [0.15, 0.2) is 0 Å². The molecule has 0 aliphatic carbocycles. The second-order valence-electron chi connectivity index (χ2n) is 5.52. The molecule has 108 valence electrons. The second-order valence-corrected chi connectivity index (χ2v) is 5.52. The van der Waals surface area contributed by atoms with E-state index in [4.69, 9.17) is 5.73 Å². The molecule has 4 heteroatoms. The zero-order valence-corrected chi connectivity index (χ0v) is 12.5. The maximum atomic E-state index is 5.61. The fourth-order valence-electron chi connectivity index (χ4n) is 2.05. The highest BCUT2D eigenvalue weighted by Gasteiger charge is 2.08. The van der Waals surface area contributed by atoms with Gasteiger partial charge < -0.3 is 15.6 Å². The molecule has 1 aromatic heterocycles. The van der Waals surface area contributed by atoms with Crippen LogP contribution in [0.1, 0.15) is 32.4 Å². The van der Waals surface area contributed by atoms with Crippen molar-refractivity contribution in [3.8, 4) is 11.3 Å². The summed E-state index contributed by atoms with van der Waals surface area (Å²) < 4.78 is 2.15. The van der Waals surface area contributed by atoms with Crippen LogP contribution in [0.5, 0.6) is 0 Å². The first-order valence-electron chi connectivity index (χ1n) is 7.16. The van der Waals surface area contributed by atoms with Crippen LogP contribution in [-0.2, 0) is 6.54 Å². The monoisotopic (exact) mass is 272 g/mol. The molecule has 0 spiro atoms. The molecule has 4 nitrogen and oxygen atoms in total. The molecule has 0 radical (unpaired) electrons. The van der Waals surface area contributed by atoms with Crippen LogP contribution in [0.25, 0.3) is 11.3 Å². The lowest BCUT2D eigenvalue weighted by molar-refractivity contribution is 0.464. The third kappa shape index (κ3) is 3.68. The molecule has 0 amide bonds. The summed E-state index contributed by atoms with van der Waals surface area (Å²) in [6, 6.07) is 9.15. The van der Waals surface area contributed by atoms with Gasteiger partial charge in [0, 0.05) is 36.9 Å². The molecule has 0 bridgehead atoms. The van der Waals surface area contributed by atoms with Gasteiger partial charge in [-0.25, -0.2) is 4.98 Å². The molecule has 0 aliphatic heterocycles. The van der Waals surface area contributed by atoms with E-state index in [-0.39, 0.29) is 0 Å². The third-order valence-corrected chi connectivity index (χ3v) is 3.42. The fraction of sp³-hybridized carbons (Fsp3) is 0.438. The first kappa shape index (κ1) is 14.8. The number of imidazole rings is 1. The van der Waals surface area contributed by atoms with Crippen LogP contribution in [0.3, 0.4) is 0 Å². The van der Waals surface area contributed by atoms with Crippen LogP contribution in [0.2, 0.25) is 0 Å². The molecule has 1 atom stereocenters. The smallest absolute Gasteiger partial charge is 0.0956 e. The van der Waals surface area contributed by atoms with Gasteiger partial charge in [-0.05, 0) is 12.5 Å². The van der Waals surface area contributed by atoms with Crippen molar-refractivity contribution in [2.24, 2.45) is 5.73 Å². The van der Waals surface area contributed by atoms with Gasteiger partial charge in [-0.2, -0.15) is 0 Å². The zero-order chi connectivity index (χ0) is 14.5. The van der Waals surface area contributed by atoms with Crippen molar-refractivity contribution in [3.63, 3.8) is 0 Å². The lowest BCUT2D eigenvalue weighted by Crippen LogP contribution is -2.28. The van der Waals surface area contributed by atoms with Gasteiger partial charge in [-0.3, -0.25) is 0 Å². The third-order valence-electron chi connectivity index (χ3n) is 3.42. The van der Waals surface area contributed by atoms with Crippen molar-refractivity contribution < 1.29 is 0 Å². The molecule has 1 heterocycles. The highest BCUT2D eigenvalue weighted by molar-refractivity contribution is 5.58. The Balaban J connectivity index is 2.07. The molecule has 0 unspecified atom stereocenters. The topological polar surface area (TPSA) is 55.9 Å². The van der Waals surface area contributed by atoms with Gasteiger partial charge in [0.1, 0.15) is 0 Å². The Kier molecular flexibility index (Phi) is 4.93. The SMILES string of the molecule is CC(C)NC[C@@H](C)n1cnc(-c2ccc(CN)cc2)c1. The quantitative estimate of drug-likeness (QED) is 0.849. The highest BCUT2D eigenvalue weighted by Crippen LogP contribution is 2.19. The number of hydrogen-bond donors (Lipinski definition) is 2. The molecule has 0 fully saturated rings. The largest absolute Gasteiger partial charge is 0.333 e.